The first kappa shape index (κ1) is 18.6. The molecule has 0 aliphatic carbocycles. The van der Waals surface area contributed by atoms with Gasteiger partial charge in [-0.3, -0.25) is 9.52 Å². The number of carbonyl (C=O) groups is 1. The Morgan fingerprint density at radius 1 is 1.21 bits per heavy atom. The number of ether oxygens (including phenoxy) is 1. The van der Waals surface area contributed by atoms with Crippen molar-refractivity contribution in [3.63, 3.8) is 0 Å². The highest BCUT2D eigenvalue weighted by molar-refractivity contribution is 9.10. The molecule has 2 rings (SSSR count). The van der Waals surface area contributed by atoms with E-state index in [9.17, 15) is 13.2 Å². The molecule has 0 spiro atoms. The number of hydrogen-bond acceptors (Lipinski definition) is 4. The van der Waals surface area contributed by atoms with Crippen LogP contribution in [0.4, 0.5) is 5.69 Å². The number of nitrogens with one attached hydrogen (secondary N) is 2. The third-order valence-electron chi connectivity index (χ3n) is 3.13. The largest absolute Gasteiger partial charge is 0.497 e. The Hall–Kier alpha value is -1.77. The summed E-state index contributed by atoms with van der Waals surface area (Å²) in [6, 6.07) is 8.86. The molecular weight excluding hydrogens is 420 g/mol. The van der Waals surface area contributed by atoms with Crippen LogP contribution in [0.25, 0.3) is 0 Å². The number of sulfonamides is 1. The molecule has 0 heterocycles. The molecule has 0 bridgehead atoms. The second-order valence-electron chi connectivity index (χ2n) is 4.67. The molecule has 24 heavy (non-hydrogen) atoms. The van der Waals surface area contributed by atoms with E-state index in [1.165, 1.54) is 38.4 Å². The predicted molar refractivity (Wildman–Crippen MR) is 96.3 cm³/mol. The van der Waals surface area contributed by atoms with E-state index in [0.29, 0.717) is 10.2 Å². The average Bonchev–Trinajstić information content (AvgIpc) is 2.53. The zero-order valence-electron chi connectivity index (χ0n) is 12.8. The first-order valence-electron chi connectivity index (χ1n) is 6.66. The second-order valence-corrected chi connectivity index (χ2v) is 7.64. The molecule has 6 nitrogen and oxygen atoms in total. The lowest BCUT2D eigenvalue weighted by atomic mass is 10.1. The zero-order valence-corrected chi connectivity index (χ0v) is 15.9. The summed E-state index contributed by atoms with van der Waals surface area (Å²) in [7, 11) is -1.07. The number of amides is 1. The molecule has 0 saturated heterocycles. The number of methoxy groups -OCH3 is 1. The number of benzene rings is 2. The Balaban J connectivity index is 2.48. The van der Waals surface area contributed by atoms with Gasteiger partial charge in [0.2, 0.25) is 0 Å². The third kappa shape index (κ3) is 4.00. The van der Waals surface area contributed by atoms with Crippen LogP contribution < -0.4 is 14.8 Å². The van der Waals surface area contributed by atoms with Crippen LogP contribution in [-0.4, -0.2) is 28.5 Å². The smallest absolute Gasteiger partial charge is 0.263 e. The lowest BCUT2D eigenvalue weighted by Crippen LogP contribution is -2.22. The number of rotatable bonds is 5. The molecule has 0 radical (unpaired) electrons. The fourth-order valence-electron chi connectivity index (χ4n) is 1.95. The molecule has 0 fully saturated rings. The highest BCUT2D eigenvalue weighted by Crippen LogP contribution is 2.29. The summed E-state index contributed by atoms with van der Waals surface area (Å²) >= 11 is 9.23. The second kappa shape index (κ2) is 7.42. The minimum absolute atomic E-state index is 0.0619. The van der Waals surface area contributed by atoms with Gasteiger partial charge in [0.15, 0.2) is 0 Å². The number of anilines is 1. The summed E-state index contributed by atoms with van der Waals surface area (Å²) in [6.45, 7) is 0. The van der Waals surface area contributed by atoms with Gasteiger partial charge in [-0.2, -0.15) is 0 Å². The quantitative estimate of drug-likeness (QED) is 0.758. The van der Waals surface area contributed by atoms with Crippen LogP contribution in [0.3, 0.4) is 0 Å². The van der Waals surface area contributed by atoms with Crippen LogP contribution in [0.15, 0.2) is 45.8 Å². The summed E-state index contributed by atoms with van der Waals surface area (Å²) in [4.78, 5) is 11.9. The summed E-state index contributed by atoms with van der Waals surface area (Å²) in [6.07, 6.45) is 0. The van der Waals surface area contributed by atoms with Crippen LogP contribution >= 0.6 is 27.5 Å². The van der Waals surface area contributed by atoms with E-state index in [1.54, 1.807) is 12.1 Å². The molecule has 1 amide bonds. The summed E-state index contributed by atoms with van der Waals surface area (Å²) in [5, 5.41) is 2.52. The van der Waals surface area contributed by atoms with Gasteiger partial charge in [-0.25, -0.2) is 8.42 Å². The maximum atomic E-state index is 12.6. The number of hydrogen-bond donors (Lipinski definition) is 2. The van der Waals surface area contributed by atoms with Crippen molar-refractivity contribution in [1.29, 1.82) is 0 Å². The molecule has 0 aliphatic rings. The SMILES string of the molecule is CNC(=O)c1cc(OC)ccc1NS(=O)(=O)c1ccc(Br)cc1Cl. The Kier molecular flexibility index (Phi) is 5.74. The lowest BCUT2D eigenvalue weighted by molar-refractivity contribution is 0.0963. The molecule has 2 N–H and O–H groups in total. The highest BCUT2D eigenvalue weighted by atomic mass is 79.9. The maximum Gasteiger partial charge on any atom is 0.263 e. The van der Waals surface area contributed by atoms with Gasteiger partial charge in [-0.1, -0.05) is 27.5 Å². The molecule has 2 aromatic rings. The van der Waals surface area contributed by atoms with E-state index >= 15 is 0 Å². The van der Waals surface area contributed by atoms with E-state index in [-0.39, 0.29) is 21.2 Å². The predicted octanol–water partition coefficient (Wildman–Crippen LogP) is 3.27. The van der Waals surface area contributed by atoms with E-state index in [4.69, 9.17) is 16.3 Å². The molecule has 0 aromatic heterocycles. The van der Waals surface area contributed by atoms with Crippen molar-refractivity contribution in [2.24, 2.45) is 0 Å². The van der Waals surface area contributed by atoms with Crippen molar-refractivity contribution < 1.29 is 17.9 Å². The topological polar surface area (TPSA) is 84.5 Å². The van der Waals surface area contributed by atoms with Gasteiger partial charge in [0.1, 0.15) is 10.6 Å². The normalized spacial score (nSPS) is 11.0. The highest BCUT2D eigenvalue weighted by Gasteiger charge is 2.21. The van der Waals surface area contributed by atoms with Crippen molar-refractivity contribution in [2.45, 2.75) is 4.90 Å². The van der Waals surface area contributed by atoms with Crippen molar-refractivity contribution in [1.82, 2.24) is 5.32 Å². The van der Waals surface area contributed by atoms with E-state index in [0.717, 1.165) is 0 Å². The van der Waals surface area contributed by atoms with Gasteiger partial charge in [0.25, 0.3) is 15.9 Å². The van der Waals surface area contributed by atoms with Crippen LogP contribution in [0.1, 0.15) is 10.4 Å². The van der Waals surface area contributed by atoms with Crippen molar-refractivity contribution in [3.05, 3.63) is 51.5 Å². The first-order chi connectivity index (χ1) is 11.3. The zero-order chi connectivity index (χ0) is 17.9. The molecule has 0 unspecified atom stereocenters. The molecular formula is C15H14BrClN2O4S. The Bertz CT molecular complexity index is 887. The molecule has 128 valence electrons. The molecule has 9 heteroatoms. The molecule has 2 aromatic carbocycles. The van der Waals surface area contributed by atoms with E-state index < -0.39 is 15.9 Å². The van der Waals surface area contributed by atoms with E-state index in [1.807, 2.05) is 0 Å². The van der Waals surface area contributed by atoms with E-state index in [2.05, 4.69) is 26.0 Å². The van der Waals surface area contributed by atoms with Crippen LogP contribution in [-0.2, 0) is 10.0 Å². The Morgan fingerprint density at radius 3 is 2.50 bits per heavy atom. The number of halogens is 2. The maximum absolute atomic E-state index is 12.6. The molecule has 0 atom stereocenters. The average molecular weight is 434 g/mol. The minimum Gasteiger partial charge on any atom is -0.497 e. The lowest BCUT2D eigenvalue weighted by Gasteiger charge is -2.14. The van der Waals surface area contributed by atoms with Crippen LogP contribution in [0.5, 0.6) is 5.75 Å². The monoisotopic (exact) mass is 432 g/mol. The van der Waals surface area contributed by atoms with Crippen LogP contribution in [0.2, 0.25) is 5.02 Å². The van der Waals surface area contributed by atoms with Crippen molar-refractivity contribution >= 4 is 49.1 Å². The molecule has 0 aliphatic heterocycles. The fraction of sp³-hybridized carbons (Fsp3) is 0.133. The van der Waals surface area contributed by atoms with Crippen molar-refractivity contribution in [3.8, 4) is 5.75 Å². The van der Waals surface area contributed by atoms with Crippen molar-refractivity contribution in [2.75, 3.05) is 18.9 Å². The minimum atomic E-state index is -3.97. The Morgan fingerprint density at radius 2 is 1.92 bits per heavy atom. The van der Waals surface area contributed by atoms with Gasteiger partial charge in [0, 0.05) is 11.5 Å². The van der Waals surface area contributed by atoms with Gasteiger partial charge in [0.05, 0.1) is 23.4 Å². The van der Waals surface area contributed by atoms with Gasteiger partial charge < -0.3 is 10.1 Å². The van der Waals surface area contributed by atoms with Gasteiger partial charge >= 0.3 is 0 Å². The van der Waals surface area contributed by atoms with Gasteiger partial charge in [-0.15, -0.1) is 0 Å². The molecule has 0 saturated carbocycles. The number of carbonyl (C=O) groups excluding carboxylic acids is 1. The standard InChI is InChI=1S/C15H14BrClN2O4S/c1-18-15(20)11-8-10(23-2)4-5-13(11)19-24(21,22)14-6-3-9(16)7-12(14)17/h3-8,19H,1-2H3,(H,18,20). The summed E-state index contributed by atoms with van der Waals surface area (Å²) in [5.41, 5.74) is 0.253. The van der Waals surface area contributed by atoms with Gasteiger partial charge in [-0.05, 0) is 36.4 Å². The summed E-state index contributed by atoms with van der Waals surface area (Å²) < 4.78 is 33.3. The fourth-order valence-corrected chi connectivity index (χ4v) is 4.07. The third-order valence-corrected chi connectivity index (χ3v) is 5.47. The van der Waals surface area contributed by atoms with Crippen LogP contribution in [0, 0.1) is 0 Å². The Labute approximate surface area is 153 Å². The first-order valence-corrected chi connectivity index (χ1v) is 9.32. The summed E-state index contributed by atoms with van der Waals surface area (Å²) in [5.74, 6) is -0.0216.